The molecule has 0 saturated heterocycles. The van der Waals surface area contributed by atoms with E-state index in [9.17, 15) is 12.8 Å². The van der Waals surface area contributed by atoms with Gasteiger partial charge in [0.1, 0.15) is 10.7 Å². The summed E-state index contributed by atoms with van der Waals surface area (Å²) < 4.78 is 40.4. The maximum atomic E-state index is 13.9. The summed E-state index contributed by atoms with van der Waals surface area (Å²) in [5.41, 5.74) is 1.89. The maximum Gasteiger partial charge on any atom is 0.246 e. The van der Waals surface area contributed by atoms with Crippen molar-refractivity contribution in [3.63, 3.8) is 0 Å². The maximum absolute atomic E-state index is 13.9. The van der Waals surface area contributed by atoms with Gasteiger partial charge in [0, 0.05) is 32.9 Å². The van der Waals surface area contributed by atoms with E-state index in [1.165, 1.54) is 22.5 Å². The van der Waals surface area contributed by atoms with Gasteiger partial charge in [-0.05, 0) is 29.8 Å². The third kappa shape index (κ3) is 3.89. The first-order valence-electron chi connectivity index (χ1n) is 7.37. The van der Waals surface area contributed by atoms with Crippen LogP contribution in [0, 0.1) is 5.82 Å². The monoisotopic (exact) mass is 336 g/mol. The molecule has 2 aromatic rings. The van der Waals surface area contributed by atoms with E-state index >= 15 is 0 Å². The number of rotatable bonds is 6. The molecule has 0 unspecified atom stereocenters. The highest BCUT2D eigenvalue weighted by atomic mass is 32.2. The van der Waals surface area contributed by atoms with Crippen LogP contribution < -0.4 is 4.90 Å². The van der Waals surface area contributed by atoms with Gasteiger partial charge in [-0.15, -0.1) is 0 Å². The molecule has 0 radical (unpaired) electrons. The Morgan fingerprint density at radius 2 is 1.61 bits per heavy atom. The average molecular weight is 336 g/mol. The normalized spacial score (nSPS) is 11.7. The van der Waals surface area contributed by atoms with E-state index in [1.807, 2.05) is 43.3 Å². The van der Waals surface area contributed by atoms with Crippen molar-refractivity contribution in [2.75, 3.05) is 25.5 Å². The van der Waals surface area contributed by atoms with Crippen molar-refractivity contribution >= 4 is 15.7 Å². The lowest BCUT2D eigenvalue weighted by Crippen LogP contribution is -2.31. The Morgan fingerprint density at radius 3 is 2.13 bits per heavy atom. The van der Waals surface area contributed by atoms with Gasteiger partial charge < -0.3 is 4.90 Å². The van der Waals surface area contributed by atoms with Gasteiger partial charge in [-0.3, -0.25) is 0 Å². The zero-order valence-corrected chi connectivity index (χ0v) is 14.3. The molecule has 0 saturated carbocycles. The Balaban J connectivity index is 2.27. The molecule has 0 spiro atoms. The number of sulfonamides is 1. The van der Waals surface area contributed by atoms with E-state index in [2.05, 4.69) is 0 Å². The predicted molar refractivity (Wildman–Crippen MR) is 90.4 cm³/mol. The van der Waals surface area contributed by atoms with Crippen LogP contribution in [0.4, 0.5) is 10.1 Å². The molecule has 6 heteroatoms. The highest BCUT2D eigenvalue weighted by Crippen LogP contribution is 2.21. The second-order valence-corrected chi connectivity index (χ2v) is 7.33. The lowest BCUT2D eigenvalue weighted by molar-refractivity contribution is 0.419. The molecule has 0 atom stereocenters. The first kappa shape index (κ1) is 17.4. The molecule has 0 heterocycles. The van der Waals surface area contributed by atoms with E-state index in [-0.39, 0.29) is 18.0 Å². The molecule has 4 nitrogen and oxygen atoms in total. The van der Waals surface area contributed by atoms with Crippen LogP contribution in [0.15, 0.2) is 53.4 Å². The molecule has 23 heavy (non-hydrogen) atoms. The summed E-state index contributed by atoms with van der Waals surface area (Å²) in [7, 11) is 0.0224. The summed E-state index contributed by atoms with van der Waals surface area (Å²) in [6, 6.07) is 13.1. The topological polar surface area (TPSA) is 40.6 Å². The van der Waals surface area contributed by atoms with Crippen LogP contribution in [0.2, 0.25) is 0 Å². The van der Waals surface area contributed by atoms with Crippen molar-refractivity contribution < 1.29 is 12.8 Å². The third-order valence-electron chi connectivity index (χ3n) is 3.62. The summed E-state index contributed by atoms with van der Waals surface area (Å²) in [6.07, 6.45) is 0. The summed E-state index contributed by atoms with van der Waals surface area (Å²) in [5.74, 6) is -0.728. The SMILES string of the molecule is CCN(Cc1ccc(N(C)C)cc1)S(=O)(=O)c1ccccc1F. The van der Waals surface area contributed by atoms with Crippen molar-refractivity contribution in [1.29, 1.82) is 0 Å². The molecular formula is C17H21FN2O2S. The molecule has 0 aliphatic rings. The highest BCUT2D eigenvalue weighted by molar-refractivity contribution is 7.89. The summed E-state index contributed by atoms with van der Waals surface area (Å²) in [6.45, 7) is 2.22. The number of hydrogen-bond donors (Lipinski definition) is 0. The molecule has 2 rings (SSSR count). The van der Waals surface area contributed by atoms with Gasteiger partial charge in [0.25, 0.3) is 0 Å². The number of halogens is 1. The predicted octanol–water partition coefficient (Wildman–Crippen LogP) is 3.10. The smallest absolute Gasteiger partial charge is 0.246 e. The highest BCUT2D eigenvalue weighted by Gasteiger charge is 2.26. The Labute approximate surface area is 137 Å². The molecular weight excluding hydrogens is 315 g/mol. The fraction of sp³-hybridized carbons (Fsp3) is 0.294. The molecule has 124 valence electrons. The van der Waals surface area contributed by atoms with Gasteiger partial charge in [0.2, 0.25) is 10.0 Å². The first-order chi connectivity index (χ1) is 10.9. The van der Waals surface area contributed by atoms with Gasteiger partial charge in [0.15, 0.2) is 0 Å². The quantitative estimate of drug-likeness (QED) is 0.814. The minimum absolute atomic E-state index is 0.209. The molecule has 0 aliphatic heterocycles. The standard InChI is InChI=1S/C17H21FN2O2S/c1-4-20(13-14-9-11-15(12-10-14)19(2)3)23(21,22)17-8-6-5-7-16(17)18/h5-12H,4,13H2,1-3H3. The third-order valence-corrected chi connectivity index (χ3v) is 5.57. The molecule has 0 bridgehead atoms. The molecule has 0 aromatic heterocycles. The fourth-order valence-corrected chi connectivity index (χ4v) is 3.77. The average Bonchev–Trinajstić information content (AvgIpc) is 2.53. The fourth-order valence-electron chi connectivity index (χ4n) is 2.26. The number of nitrogens with zero attached hydrogens (tertiary/aromatic N) is 2. The first-order valence-corrected chi connectivity index (χ1v) is 8.81. The van der Waals surface area contributed by atoms with Crippen molar-refractivity contribution in [3.05, 3.63) is 59.9 Å². The van der Waals surface area contributed by atoms with Crippen molar-refractivity contribution in [1.82, 2.24) is 4.31 Å². The van der Waals surface area contributed by atoms with Crippen LogP contribution in [-0.4, -0.2) is 33.4 Å². The minimum Gasteiger partial charge on any atom is -0.378 e. The number of anilines is 1. The molecule has 0 aliphatic carbocycles. The lowest BCUT2D eigenvalue weighted by Gasteiger charge is -2.21. The van der Waals surface area contributed by atoms with Crippen LogP contribution in [0.3, 0.4) is 0 Å². The molecule has 0 fully saturated rings. The van der Waals surface area contributed by atoms with Crippen LogP contribution in [0.5, 0.6) is 0 Å². The van der Waals surface area contributed by atoms with Crippen molar-refractivity contribution in [3.8, 4) is 0 Å². The number of hydrogen-bond acceptors (Lipinski definition) is 3. The summed E-state index contributed by atoms with van der Waals surface area (Å²) in [4.78, 5) is 1.68. The van der Waals surface area contributed by atoms with Crippen LogP contribution in [0.25, 0.3) is 0 Å². The van der Waals surface area contributed by atoms with Crippen molar-refractivity contribution in [2.45, 2.75) is 18.4 Å². The Kier molecular flexibility index (Phi) is 5.38. The van der Waals surface area contributed by atoms with E-state index in [1.54, 1.807) is 6.92 Å². The van der Waals surface area contributed by atoms with Crippen LogP contribution in [-0.2, 0) is 16.6 Å². The second kappa shape index (κ2) is 7.10. The molecule has 0 amide bonds. The summed E-state index contributed by atoms with van der Waals surface area (Å²) in [5, 5.41) is 0. The van der Waals surface area contributed by atoms with E-state index < -0.39 is 15.8 Å². The number of benzene rings is 2. The van der Waals surface area contributed by atoms with E-state index in [4.69, 9.17) is 0 Å². The van der Waals surface area contributed by atoms with Gasteiger partial charge in [0.05, 0.1) is 0 Å². The van der Waals surface area contributed by atoms with Gasteiger partial charge in [-0.25, -0.2) is 12.8 Å². The van der Waals surface area contributed by atoms with E-state index in [0.717, 1.165) is 17.3 Å². The Hall–Kier alpha value is -1.92. The van der Waals surface area contributed by atoms with Crippen molar-refractivity contribution in [2.24, 2.45) is 0 Å². The lowest BCUT2D eigenvalue weighted by atomic mass is 10.2. The van der Waals surface area contributed by atoms with Crippen LogP contribution in [0.1, 0.15) is 12.5 Å². The molecule has 2 aromatic carbocycles. The van der Waals surface area contributed by atoms with E-state index in [0.29, 0.717) is 0 Å². The molecule has 0 N–H and O–H groups in total. The van der Waals surface area contributed by atoms with Crippen LogP contribution >= 0.6 is 0 Å². The van der Waals surface area contributed by atoms with Gasteiger partial charge in [-0.1, -0.05) is 31.2 Å². The second-order valence-electron chi connectivity index (χ2n) is 5.42. The summed E-state index contributed by atoms with van der Waals surface area (Å²) >= 11 is 0. The van der Waals surface area contributed by atoms with Gasteiger partial charge in [-0.2, -0.15) is 4.31 Å². The largest absolute Gasteiger partial charge is 0.378 e. The zero-order chi connectivity index (χ0) is 17.0. The zero-order valence-electron chi connectivity index (χ0n) is 13.5. The minimum atomic E-state index is -3.86. The Bertz CT molecular complexity index is 758. The Morgan fingerprint density at radius 1 is 1.00 bits per heavy atom. The van der Waals surface area contributed by atoms with Gasteiger partial charge >= 0.3 is 0 Å².